The third-order valence-electron chi connectivity index (χ3n) is 14.1. The summed E-state index contributed by atoms with van der Waals surface area (Å²) in [7, 11) is 0. The van der Waals surface area contributed by atoms with Gasteiger partial charge in [0.05, 0.1) is 18.9 Å². The fourth-order valence-corrected chi connectivity index (χ4v) is 10.5. The number of hydrogen-bond donors (Lipinski definition) is 2. The first-order valence-corrected chi connectivity index (χ1v) is 22.5. The van der Waals surface area contributed by atoms with Crippen LogP contribution in [0, 0.1) is 28.6 Å². The molecule has 4 rings (SSSR count). The van der Waals surface area contributed by atoms with Crippen LogP contribution in [0.5, 0.6) is 0 Å². The molecule has 3 saturated carbocycles. The molecule has 0 heterocycles. The minimum Gasteiger partial charge on any atom is -0.462 e. The molecule has 0 saturated heterocycles. The largest absolute Gasteiger partial charge is 0.462 e. The lowest BCUT2D eigenvalue weighted by Gasteiger charge is -2.62. The van der Waals surface area contributed by atoms with Crippen LogP contribution in [0.1, 0.15) is 157 Å². The molecule has 0 aromatic rings. The summed E-state index contributed by atoms with van der Waals surface area (Å²) in [5, 5.41) is 23.7. The number of aliphatic hydroxyl groups is 2. The Morgan fingerprint density at radius 1 is 0.881 bits per heavy atom. The number of fused-ring (bicyclic) bond motifs is 5. The second-order valence-corrected chi connectivity index (χ2v) is 17.9. The van der Waals surface area contributed by atoms with E-state index in [1.54, 1.807) is 26.8 Å². The number of aliphatic hydroxyl groups excluding tert-OH is 1. The molecule has 330 valence electrons. The van der Waals surface area contributed by atoms with Crippen molar-refractivity contribution in [3.63, 3.8) is 0 Å². The van der Waals surface area contributed by atoms with E-state index in [9.17, 15) is 34.2 Å². The van der Waals surface area contributed by atoms with Gasteiger partial charge < -0.3 is 24.4 Å². The fourth-order valence-electron chi connectivity index (χ4n) is 10.5. The van der Waals surface area contributed by atoms with Gasteiger partial charge in [0, 0.05) is 23.2 Å². The number of carbonyl (C=O) groups is 5. The van der Waals surface area contributed by atoms with Gasteiger partial charge in [-0.05, 0) is 102 Å². The van der Waals surface area contributed by atoms with Gasteiger partial charge >= 0.3 is 17.9 Å². The van der Waals surface area contributed by atoms with Crippen molar-refractivity contribution in [3.8, 4) is 0 Å². The smallest absolute Gasteiger partial charge is 0.306 e. The van der Waals surface area contributed by atoms with Crippen LogP contribution in [0.4, 0.5) is 4.39 Å². The Morgan fingerprint density at radius 2 is 1.53 bits per heavy atom. The highest BCUT2D eigenvalue weighted by Crippen LogP contribution is 2.70. The number of carbonyl (C=O) groups excluding carboxylic acids is 5. The summed E-state index contributed by atoms with van der Waals surface area (Å²) in [5.41, 5.74) is -5.85. The number of esters is 3. The third kappa shape index (κ3) is 11.1. The zero-order valence-electron chi connectivity index (χ0n) is 36.3. The highest BCUT2D eigenvalue weighted by atomic mass is 19.1. The maximum absolute atomic E-state index is 17.4. The molecule has 3 fully saturated rings. The summed E-state index contributed by atoms with van der Waals surface area (Å²) in [5.74, 6) is -4.53. The first-order chi connectivity index (χ1) is 28.1. The van der Waals surface area contributed by atoms with Gasteiger partial charge in [-0.3, -0.25) is 24.0 Å². The van der Waals surface area contributed by atoms with Crippen LogP contribution < -0.4 is 0 Å². The van der Waals surface area contributed by atoms with Crippen LogP contribution in [-0.4, -0.2) is 76.4 Å². The summed E-state index contributed by atoms with van der Waals surface area (Å²) < 4.78 is 33.5. The van der Waals surface area contributed by atoms with E-state index in [0.29, 0.717) is 37.7 Å². The summed E-state index contributed by atoms with van der Waals surface area (Å²) in [6, 6.07) is 0. The SMILES string of the molecule is CCCCC/C=C\C/C=C\CCCCCCCC(=O)OC(CC)COC(=O)CCC(=O)OCC(=O)[C@@]1(O)[C@H](C)C[C@H]2[C@@H]3CCC4=CC(=O)C=C[C@]4(C)[C@@]3(F)[C@@H](O)C[C@@]21C. The number of unbranched alkanes of at least 4 members (excludes halogenated alkanes) is 8. The van der Waals surface area contributed by atoms with Gasteiger partial charge in [-0.25, -0.2) is 4.39 Å². The van der Waals surface area contributed by atoms with Crippen LogP contribution in [0.2, 0.25) is 0 Å². The van der Waals surface area contributed by atoms with E-state index in [2.05, 4.69) is 31.2 Å². The predicted molar refractivity (Wildman–Crippen MR) is 224 cm³/mol. The van der Waals surface area contributed by atoms with Crippen molar-refractivity contribution in [2.45, 2.75) is 180 Å². The van der Waals surface area contributed by atoms with E-state index >= 15 is 4.39 Å². The highest BCUT2D eigenvalue weighted by Gasteiger charge is 2.75. The molecule has 0 bridgehead atoms. The minimum absolute atomic E-state index is 0.139. The topological polar surface area (TPSA) is 154 Å². The van der Waals surface area contributed by atoms with E-state index in [1.165, 1.54) is 31.4 Å². The van der Waals surface area contributed by atoms with Crippen molar-refractivity contribution in [1.82, 2.24) is 0 Å². The van der Waals surface area contributed by atoms with Gasteiger partial charge in [-0.1, -0.05) is 95.8 Å². The lowest BCUT2D eigenvalue weighted by Crippen LogP contribution is -2.69. The summed E-state index contributed by atoms with van der Waals surface area (Å²) in [4.78, 5) is 63.4. The van der Waals surface area contributed by atoms with E-state index in [1.807, 2.05) is 6.92 Å². The Labute approximate surface area is 351 Å². The van der Waals surface area contributed by atoms with E-state index in [4.69, 9.17) is 14.2 Å². The molecule has 0 aliphatic heterocycles. The molecule has 10 nitrogen and oxygen atoms in total. The molecule has 59 heavy (non-hydrogen) atoms. The van der Waals surface area contributed by atoms with Gasteiger partial charge in [0.2, 0.25) is 5.78 Å². The maximum Gasteiger partial charge on any atom is 0.306 e. The molecule has 0 amide bonds. The molecule has 4 aliphatic rings. The Balaban J connectivity index is 1.12. The number of ketones is 2. The van der Waals surface area contributed by atoms with Gasteiger partial charge in [0.25, 0.3) is 0 Å². The molecule has 1 unspecified atom stereocenters. The van der Waals surface area contributed by atoms with Crippen molar-refractivity contribution < 1.29 is 52.8 Å². The molecule has 2 N–H and O–H groups in total. The molecule has 0 radical (unpaired) electrons. The lowest BCUT2D eigenvalue weighted by atomic mass is 9.44. The minimum atomic E-state index is -2.10. The van der Waals surface area contributed by atoms with Crippen LogP contribution >= 0.6 is 0 Å². The van der Waals surface area contributed by atoms with Gasteiger partial charge in [0.1, 0.15) is 18.3 Å². The average Bonchev–Trinajstić information content (AvgIpc) is 3.41. The number of halogens is 1. The molecule has 11 heteroatoms. The first kappa shape index (κ1) is 48.2. The van der Waals surface area contributed by atoms with E-state index in [-0.39, 0.29) is 37.6 Å². The maximum atomic E-state index is 17.4. The first-order valence-electron chi connectivity index (χ1n) is 22.5. The predicted octanol–water partition coefficient (Wildman–Crippen LogP) is 8.91. The Bertz CT molecular complexity index is 1600. The van der Waals surface area contributed by atoms with Crippen molar-refractivity contribution in [2.75, 3.05) is 13.2 Å². The quantitative estimate of drug-likeness (QED) is 0.0418. The normalized spacial score (nSPS) is 31.7. The number of ether oxygens (including phenoxy) is 3. The standard InChI is InChI=1S/C48H71FO10/c1-6-8-9-10-11-12-13-14-15-16-17-18-19-20-21-22-44(55)59-37(7-2)32-57-42(53)25-26-43(54)58-33-41(52)48(56)34(3)29-39-38-24-23-35-30-36(50)27-28-45(35,4)47(38,49)40(51)31-46(39,48)5/h11-12,14-15,27-28,30,34,37-40,51,56H,6-10,13,16-26,29,31-33H2,1-5H3/b12-11-,15-14-/t34-,37?,38+,39+,40+,45+,46+,47+,48+/m1/s1. The monoisotopic (exact) mass is 827 g/mol. The molecular formula is C48H71FO10. The number of rotatable bonds is 24. The molecule has 9 atom stereocenters. The van der Waals surface area contributed by atoms with Crippen molar-refractivity contribution in [3.05, 3.63) is 48.1 Å². The molecule has 0 aromatic carbocycles. The third-order valence-corrected chi connectivity index (χ3v) is 14.1. The Kier molecular flexibility index (Phi) is 17.9. The van der Waals surface area contributed by atoms with Gasteiger partial charge in [-0.15, -0.1) is 0 Å². The number of allylic oxidation sites excluding steroid dienone is 8. The second-order valence-electron chi connectivity index (χ2n) is 17.9. The molecular weight excluding hydrogens is 756 g/mol. The fraction of sp³-hybridized carbons (Fsp3) is 0.729. The molecule has 4 aliphatic carbocycles. The molecule has 0 aromatic heterocycles. The van der Waals surface area contributed by atoms with Gasteiger partial charge in [0.15, 0.2) is 18.1 Å². The highest BCUT2D eigenvalue weighted by molar-refractivity contribution is 6.01. The lowest BCUT2D eigenvalue weighted by molar-refractivity contribution is -0.220. The molecule has 0 spiro atoms. The number of Topliss-reactive ketones (excluding diaryl/α,β-unsaturated/α-hetero) is 1. The summed E-state index contributed by atoms with van der Waals surface area (Å²) in [6.45, 7) is 8.30. The van der Waals surface area contributed by atoms with Crippen LogP contribution in [-0.2, 0) is 38.2 Å². The van der Waals surface area contributed by atoms with Crippen LogP contribution in [0.3, 0.4) is 0 Å². The summed E-state index contributed by atoms with van der Waals surface area (Å²) in [6.07, 6.45) is 24.2. The average molecular weight is 827 g/mol. The zero-order valence-corrected chi connectivity index (χ0v) is 36.3. The Hall–Kier alpha value is -3.44. The van der Waals surface area contributed by atoms with Crippen LogP contribution in [0.15, 0.2) is 48.1 Å². The summed E-state index contributed by atoms with van der Waals surface area (Å²) >= 11 is 0. The van der Waals surface area contributed by atoms with Crippen LogP contribution in [0.25, 0.3) is 0 Å². The van der Waals surface area contributed by atoms with Gasteiger partial charge in [-0.2, -0.15) is 0 Å². The second kappa shape index (κ2) is 21.9. The number of alkyl halides is 1. The zero-order chi connectivity index (χ0) is 43.3. The van der Waals surface area contributed by atoms with E-state index < -0.39 is 76.4 Å². The van der Waals surface area contributed by atoms with Crippen molar-refractivity contribution in [2.24, 2.45) is 28.6 Å². The van der Waals surface area contributed by atoms with Crippen molar-refractivity contribution >= 4 is 29.5 Å². The van der Waals surface area contributed by atoms with E-state index in [0.717, 1.165) is 51.4 Å². The van der Waals surface area contributed by atoms with Crippen molar-refractivity contribution in [1.29, 1.82) is 0 Å². The Morgan fingerprint density at radius 3 is 2.20 bits per heavy atom. The number of hydrogen-bond acceptors (Lipinski definition) is 10.